The van der Waals surface area contributed by atoms with Crippen molar-refractivity contribution >= 4 is 23.3 Å². The molecule has 0 spiro atoms. The minimum Gasteiger partial charge on any atom is -0.497 e. The molecule has 2 aromatic carbocycles. The Bertz CT molecular complexity index is 843. The van der Waals surface area contributed by atoms with Crippen LogP contribution in [-0.2, 0) is 11.2 Å². The van der Waals surface area contributed by atoms with E-state index in [1.807, 2.05) is 0 Å². The highest BCUT2D eigenvalue weighted by Crippen LogP contribution is 2.36. The van der Waals surface area contributed by atoms with E-state index < -0.39 is 17.5 Å². The predicted octanol–water partition coefficient (Wildman–Crippen LogP) is 1.79. The lowest BCUT2D eigenvalue weighted by atomic mass is 9.92. The van der Waals surface area contributed by atoms with Crippen LogP contribution >= 0.6 is 0 Å². The van der Waals surface area contributed by atoms with E-state index in [4.69, 9.17) is 20.9 Å². The summed E-state index contributed by atoms with van der Waals surface area (Å²) >= 11 is 0. The maximum Gasteiger partial charge on any atom is 0.322 e. The van der Waals surface area contributed by atoms with E-state index in [1.54, 1.807) is 50.4 Å². The highest BCUT2D eigenvalue weighted by molar-refractivity contribution is 6.06. The first kappa shape index (κ1) is 17.4. The number of nitrogens with two attached hydrogens (primary N) is 2. The summed E-state index contributed by atoms with van der Waals surface area (Å²) in [6.07, 6.45) is 0.252. The van der Waals surface area contributed by atoms with Gasteiger partial charge in [-0.1, -0.05) is 0 Å². The number of anilines is 2. The van der Waals surface area contributed by atoms with Gasteiger partial charge in [-0.3, -0.25) is 10.1 Å². The number of benzene rings is 2. The molecule has 136 valence electrons. The minimum absolute atomic E-state index is 0.252. The van der Waals surface area contributed by atoms with Gasteiger partial charge in [-0.2, -0.15) is 0 Å². The molecule has 1 unspecified atom stereocenters. The van der Waals surface area contributed by atoms with E-state index in [0.717, 1.165) is 0 Å². The number of carbonyl (C=O) groups excluding carboxylic acids is 2. The van der Waals surface area contributed by atoms with Gasteiger partial charge in [0.2, 0.25) is 0 Å². The molecule has 8 heteroatoms. The first-order chi connectivity index (χ1) is 12.3. The molecule has 6 N–H and O–H groups in total. The molecule has 1 fully saturated rings. The van der Waals surface area contributed by atoms with Gasteiger partial charge in [-0.25, -0.2) is 4.79 Å². The Hall–Kier alpha value is -3.42. The number of nitrogen functional groups attached to an aromatic ring is 2. The third-order valence-electron chi connectivity index (χ3n) is 4.16. The average molecular weight is 356 g/mol. The Kier molecular flexibility index (Phi) is 4.33. The standard InChI is InChI=1S/C18H20N4O4/c1-18(16(23)21-17(24)22-18)9-10-7-13(19)15(14(20)8-10)26-12-5-3-11(25-2)4-6-12/h3-8H,9,19-20H2,1-2H3,(H2,21,22,23,24). The van der Waals surface area contributed by atoms with Crippen LogP contribution < -0.4 is 31.6 Å². The van der Waals surface area contributed by atoms with Gasteiger partial charge >= 0.3 is 6.03 Å². The normalized spacial score (nSPS) is 19.0. The van der Waals surface area contributed by atoms with Gasteiger partial charge in [0.05, 0.1) is 18.5 Å². The average Bonchev–Trinajstić information content (AvgIpc) is 2.83. The Balaban J connectivity index is 1.82. The highest BCUT2D eigenvalue weighted by atomic mass is 16.5. The summed E-state index contributed by atoms with van der Waals surface area (Å²) < 4.78 is 10.9. The summed E-state index contributed by atoms with van der Waals surface area (Å²) in [5.41, 5.74) is 12.5. The zero-order valence-electron chi connectivity index (χ0n) is 14.5. The van der Waals surface area contributed by atoms with E-state index in [0.29, 0.717) is 34.2 Å². The van der Waals surface area contributed by atoms with Gasteiger partial charge in [0.25, 0.3) is 5.91 Å². The van der Waals surface area contributed by atoms with E-state index in [2.05, 4.69) is 10.6 Å². The van der Waals surface area contributed by atoms with Crippen molar-refractivity contribution in [2.45, 2.75) is 18.9 Å². The molecule has 0 radical (unpaired) electrons. The van der Waals surface area contributed by atoms with Gasteiger partial charge in [0.1, 0.15) is 17.0 Å². The number of hydrogen-bond donors (Lipinski definition) is 4. The highest BCUT2D eigenvalue weighted by Gasteiger charge is 2.41. The molecule has 3 rings (SSSR count). The van der Waals surface area contributed by atoms with E-state index in [1.165, 1.54) is 0 Å². The third-order valence-corrected chi connectivity index (χ3v) is 4.16. The predicted molar refractivity (Wildman–Crippen MR) is 97.1 cm³/mol. The summed E-state index contributed by atoms with van der Waals surface area (Å²) in [6.45, 7) is 1.64. The van der Waals surface area contributed by atoms with Crippen LogP contribution in [0.5, 0.6) is 17.2 Å². The van der Waals surface area contributed by atoms with E-state index in [-0.39, 0.29) is 6.42 Å². The Labute approximate surface area is 150 Å². The molecule has 26 heavy (non-hydrogen) atoms. The van der Waals surface area contributed by atoms with Crippen molar-refractivity contribution in [1.29, 1.82) is 0 Å². The maximum absolute atomic E-state index is 11.9. The molecule has 0 saturated carbocycles. The van der Waals surface area contributed by atoms with Crippen LogP contribution in [0.3, 0.4) is 0 Å². The van der Waals surface area contributed by atoms with Crippen molar-refractivity contribution in [3.63, 3.8) is 0 Å². The van der Waals surface area contributed by atoms with Crippen LogP contribution in [-0.4, -0.2) is 24.6 Å². The summed E-state index contributed by atoms with van der Waals surface area (Å²) in [5.74, 6) is 1.22. The molecule has 0 aromatic heterocycles. The fourth-order valence-electron chi connectivity index (χ4n) is 2.83. The minimum atomic E-state index is -1.05. The van der Waals surface area contributed by atoms with E-state index in [9.17, 15) is 9.59 Å². The van der Waals surface area contributed by atoms with Crippen LogP contribution in [0.1, 0.15) is 12.5 Å². The first-order valence-electron chi connectivity index (χ1n) is 7.94. The molecular formula is C18H20N4O4. The van der Waals surface area contributed by atoms with Crippen LogP contribution in [0.4, 0.5) is 16.2 Å². The summed E-state index contributed by atoms with van der Waals surface area (Å²) in [4.78, 5) is 23.3. The topological polar surface area (TPSA) is 129 Å². The van der Waals surface area contributed by atoms with Crippen molar-refractivity contribution in [2.75, 3.05) is 18.6 Å². The number of nitrogens with one attached hydrogen (secondary N) is 2. The fourth-order valence-corrected chi connectivity index (χ4v) is 2.83. The number of rotatable bonds is 5. The van der Waals surface area contributed by atoms with Gasteiger partial charge < -0.3 is 26.3 Å². The quantitative estimate of drug-likeness (QED) is 0.477. The molecule has 1 saturated heterocycles. The largest absolute Gasteiger partial charge is 0.497 e. The summed E-state index contributed by atoms with van der Waals surface area (Å²) in [6, 6.07) is 9.85. The smallest absolute Gasteiger partial charge is 0.322 e. The number of ether oxygens (including phenoxy) is 2. The lowest BCUT2D eigenvalue weighted by Crippen LogP contribution is -2.45. The second kappa shape index (κ2) is 6.47. The third kappa shape index (κ3) is 3.34. The van der Waals surface area contributed by atoms with Crippen molar-refractivity contribution in [1.82, 2.24) is 10.6 Å². The molecule has 0 bridgehead atoms. The molecule has 2 aromatic rings. The Morgan fingerprint density at radius 1 is 1.04 bits per heavy atom. The molecule has 1 atom stereocenters. The van der Waals surface area contributed by atoms with Crippen molar-refractivity contribution < 1.29 is 19.1 Å². The van der Waals surface area contributed by atoms with Crippen molar-refractivity contribution in [2.24, 2.45) is 0 Å². The zero-order chi connectivity index (χ0) is 18.9. The van der Waals surface area contributed by atoms with Crippen LogP contribution in [0, 0.1) is 0 Å². The lowest BCUT2D eigenvalue weighted by Gasteiger charge is -2.21. The molecule has 1 heterocycles. The van der Waals surface area contributed by atoms with Gasteiger partial charge in [0, 0.05) is 6.42 Å². The molecule has 0 aliphatic carbocycles. The second-order valence-electron chi connectivity index (χ2n) is 6.30. The monoisotopic (exact) mass is 356 g/mol. The van der Waals surface area contributed by atoms with Crippen LogP contribution in [0.2, 0.25) is 0 Å². The first-order valence-corrected chi connectivity index (χ1v) is 7.94. The molecule has 8 nitrogen and oxygen atoms in total. The van der Waals surface area contributed by atoms with Crippen LogP contribution in [0.15, 0.2) is 36.4 Å². The van der Waals surface area contributed by atoms with Crippen LogP contribution in [0.25, 0.3) is 0 Å². The number of hydrogen-bond acceptors (Lipinski definition) is 6. The van der Waals surface area contributed by atoms with E-state index >= 15 is 0 Å². The van der Waals surface area contributed by atoms with Gasteiger partial charge in [-0.15, -0.1) is 0 Å². The SMILES string of the molecule is COc1ccc(Oc2c(N)cc(CC3(C)NC(=O)NC3=O)cc2N)cc1. The fraction of sp³-hybridized carbons (Fsp3) is 0.222. The number of amides is 3. The summed E-state index contributed by atoms with van der Waals surface area (Å²) in [7, 11) is 1.58. The number of carbonyl (C=O) groups is 2. The van der Waals surface area contributed by atoms with Crippen molar-refractivity contribution in [3.05, 3.63) is 42.0 Å². The molecular weight excluding hydrogens is 336 g/mol. The molecule has 1 aliphatic heterocycles. The Morgan fingerprint density at radius 2 is 1.62 bits per heavy atom. The van der Waals surface area contributed by atoms with Gasteiger partial charge in [0.15, 0.2) is 5.75 Å². The number of methoxy groups -OCH3 is 1. The maximum atomic E-state index is 11.9. The molecule has 1 aliphatic rings. The second-order valence-corrected chi connectivity index (χ2v) is 6.30. The molecule has 3 amide bonds. The van der Waals surface area contributed by atoms with Crippen molar-refractivity contribution in [3.8, 4) is 17.2 Å². The lowest BCUT2D eigenvalue weighted by molar-refractivity contribution is -0.123. The summed E-state index contributed by atoms with van der Waals surface area (Å²) in [5, 5.41) is 4.83. The Morgan fingerprint density at radius 3 is 2.12 bits per heavy atom. The zero-order valence-corrected chi connectivity index (χ0v) is 14.5. The van der Waals surface area contributed by atoms with Gasteiger partial charge in [-0.05, 0) is 48.9 Å². The number of imide groups is 1. The number of urea groups is 1.